The Balaban J connectivity index is 2.57. The van der Waals surface area contributed by atoms with Crippen molar-refractivity contribution in [2.24, 2.45) is 11.8 Å². The number of rotatable bonds is 6. The third-order valence-electron chi connectivity index (χ3n) is 2.73. The molecule has 1 rings (SSSR count). The molecule has 1 aromatic heterocycles. The monoisotopic (exact) mass is 241 g/mol. The molecule has 0 aromatic carbocycles. The van der Waals surface area contributed by atoms with Gasteiger partial charge in [-0.05, 0) is 26.2 Å². The molecule has 0 bridgehead atoms. The molecule has 0 aliphatic heterocycles. The number of aromatic nitrogens is 1. The van der Waals surface area contributed by atoms with Crippen molar-refractivity contribution >= 4 is 11.3 Å². The highest BCUT2D eigenvalue weighted by Gasteiger charge is 2.15. The third-order valence-corrected chi connectivity index (χ3v) is 3.92. The van der Waals surface area contributed by atoms with Crippen LogP contribution in [0.4, 0.5) is 0 Å². The third kappa shape index (κ3) is 3.85. The first-order valence-corrected chi connectivity index (χ1v) is 6.76. The topological polar surface area (TPSA) is 50.9 Å². The van der Waals surface area contributed by atoms with E-state index in [0.717, 1.165) is 23.0 Å². The quantitative estimate of drug-likeness (QED) is 0.594. The van der Waals surface area contributed by atoms with Crippen LogP contribution in [0.1, 0.15) is 54.7 Å². The van der Waals surface area contributed by atoms with Crippen molar-refractivity contribution in [2.75, 3.05) is 0 Å². The summed E-state index contributed by atoms with van der Waals surface area (Å²) in [5.41, 5.74) is 4.04. The molecular formula is C12H23N3S. The zero-order valence-electron chi connectivity index (χ0n) is 10.7. The smallest absolute Gasteiger partial charge is 0.0900 e. The Morgan fingerprint density at radius 2 is 2.00 bits per heavy atom. The zero-order valence-corrected chi connectivity index (χ0v) is 11.5. The minimum atomic E-state index is 0.268. The van der Waals surface area contributed by atoms with Gasteiger partial charge >= 0.3 is 0 Å². The van der Waals surface area contributed by atoms with Crippen LogP contribution in [0.15, 0.2) is 0 Å². The van der Waals surface area contributed by atoms with E-state index in [1.165, 1.54) is 17.7 Å². The number of nitrogens with two attached hydrogens (primary N) is 1. The van der Waals surface area contributed by atoms with Crippen LogP contribution in [0.25, 0.3) is 0 Å². The van der Waals surface area contributed by atoms with Gasteiger partial charge in [-0.3, -0.25) is 11.3 Å². The molecule has 3 N–H and O–H groups in total. The molecule has 0 fully saturated rings. The van der Waals surface area contributed by atoms with Gasteiger partial charge in [0, 0.05) is 4.88 Å². The summed E-state index contributed by atoms with van der Waals surface area (Å²) in [6, 6.07) is 0.268. The summed E-state index contributed by atoms with van der Waals surface area (Å²) >= 11 is 1.75. The highest BCUT2D eigenvalue weighted by atomic mass is 32.1. The number of hydrogen-bond acceptors (Lipinski definition) is 4. The van der Waals surface area contributed by atoms with Gasteiger partial charge in [0.1, 0.15) is 0 Å². The summed E-state index contributed by atoms with van der Waals surface area (Å²) in [5.74, 6) is 6.40. The standard InChI is InChI=1S/C12H23N3S/c1-8(2)6-5-7-11(15-13)12-9(3)14-10(4)16-12/h8,11,15H,5-7,13H2,1-4H3. The van der Waals surface area contributed by atoms with Gasteiger partial charge in [0.05, 0.1) is 16.7 Å². The zero-order chi connectivity index (χ0) is 12.1. The molecule has 0 saturated heterocycles. The molecule has 0 radical (unpaired) electrons. The van der Waals surface area contributed by atoms with E-state index in [0.29, 0.717) is 0 Å². The van der Waals surface area contributed by atoms with Crippen molar-refractivity contribution in [1.29, 1.82) is 0 Å². The minimum Gasteiger partial charge on any atom is -0.271 e. The number of hydrogen-bond donors (Lipinski definition) is 2. The molecule has 4 heteroatoms. The van der Waals surface area contributed by atoms with E-state index >= 15 is 0 Å². The Morgan fingerprint density at radius 3 is 2.44 bits per heavy atom. The van der Waals surface area contributed by atoms with Crippen molar-refractivity contribution in [3.63, 3.8) is 0 Å². The summed E-state index contributed by atoms with van der Waals surface area (Å²) in [5, 5.41) is 1.12. The molecule has 0 saturated carbocycles. The van der Waals surface area contributed by atoms with Crippen LogP contribution >= 0.6 is 11.3 Å². The first kappa shape index (κ1) is 13.6. The first-order valence-electron chi connectivity index (χ1n) is 5.94. The summed E-state index contributed by atoms with van der Waals surface area (Å²) in [7, 11) is 0. The highest BCUT2D eigenvalue weighted by molar-refractivity contribution is 7.11. The lowest BCUT2D eigenvalue weighted by Gasteiger charge is -2.15. The van der Waals surface area contributed by atoms with Crippen LogP contribution in [0.5, 0.6) is 0 Å². The van der Waals surface area contributed by atoms with Gasteiger partial charge in [-0.1, -0.05) is 26.7 Å². The molecule has 1 unspecified atom stereocenters. The highest BCUT2D eigenvalue weighted by Crippen LogP contribution is 2.28. The van der Waals surface area contributed by atoms with Crippen molar-refractivity contribution < 1.29 is 0 Å². The molecule has 0 aliphatic carbocycles. The van der Waals surface area contributed by atoms with Crippen LogP contribution < -0.4 is 11.3 Å². The Kier molecular flexibility index (Phi) is 5.38. The molecule has 16 heavy (non-hydrogen) atoms. The van der Waals surface area contributed by atoms with Gasteiger partial charge in [0.2, 0.25) is 0 Å². The number of aryl methyl sites for hydroxylation is 2. The first-order chi connectivity index (χ1) is 7.54. The predicted molar refractivity (Wildman–Crippen MR) is 70.3 cm³/mol. The van der Waals surface area contributed by atoms with Gasteiger partial charge in [0.25, 0.3) is 0 Å². The van der Waals surface area contributed by atoms with E-state index in [-0.39, 0.29) is 6.04 Å². The Hall–Kier alpha value is -0.450. The molecule has 0 aliphatic rings. The molecule has 3 nitrogen and oxygen atoms in total. The van der Waals surface area contributed by atoms with E-state index in [9.17, 15) is 0 Å². The lowest BCUT2D eigenvalue weighted by atomic mass is 10.0. The second-order valence-corrected chi connectivity index (χ2v) is 5.96. The van der Waals surface area contributed by atoms with E-state index in [1.54, 1.807) is 11.3 Å². The summed E-state index contributed by atoms with van der Waals surface area (Å²) < 4.78 is 0. The van der Waals surface area contributed by atoms with Crippen LogP contribution in [0, 0.1) is 19.8 Å². The van der Waals surface area contributed by atoms with Crippen molar-refractivity contribution in [2.45, 2.75) is 53.0 Å². The summed E-state index contributed by atoms with van der Waals surface area (Å²) in [6.45, 7) is 8.62. The second-order valence-electron chi connectivity index (χ2n) is 4.73. The van der Waals surface area contributed by atoms with Crippen LogP contribution in [0.3, 0.4) is 0 Å². The van der Waals surface area contributed by atoms with Gasteiger partial charge in [-0.2, -0.15) is 0 Å². The van der Waals surface area contributed by atoms with Gasteiger partial charge in [-0.25, -0.2) is 4.98 Å². The lowest BCUT2D eigenvalue weighted by molar-refractivity contribution is 0.458. The van der Waals surface area contributed by atoms with E-state index in [1.807, 2.05) is 6.92 Å². The van der Waals surface area contributed by atoms with Crippen molar-refractivity contribution in [1.82, 2.24) is 10.4 Å². The molecule has 0 amide bonds. The van der Waals surface area contributed by atoms with E-state index in [4.69, 9.17) is 5.84 Å². The van der Waals surface area contributed by atoms with Gasteiger partial charge in [-0.15, -0.1) is 11.3 Å². The maximum Gasteiger partial charge on any atom is 0.0900 e. The lowest BCUT2D eigenvalue weighted by Crippen LogP contribution is -2.27. The molecule has 1 aromatic rings. The number of nitrogens with zero attached hydrogens (tertiary/aromatic N) is 1. The van der Waals surface area contributed by atoms with E-state index < -0.39 is 0 Å². The summed E-state index contributed by atoms with van der Waals surface area (Å²) in [6.07, 6.45) is 3.56. The number of thiazole rings is 1. The normalized spacial score (nSPS) is 13.4. The summed E-state index contributed by atoms with van der Waals surface area (Å²) in [4.78, 5) is 5.74. The van der Waals surface area contributed by atoms with Crippen LogP contribution in [-0.2, 0) is 0 Å². The van der Waals surface area contributed by atoms with Gasteiger partial charge in [0.15, 0.2) is 0 Å². The minimum absolute atomic E-state index is 0.268. The number of nitrogens with one attached hydrogen (secondary N) is 1. The van der Waals surface area contributed by atoms with Crippen molar-refractivity contribution in [3.05, 3.63) is 15.6 Å². The molecule has 1 atom stereocenters. The maximum atomic E-state index is 5.63. The Morgan fingerprint density at radius 1 is 1.31 bits per heavy atom. The average Bonchev–Trinajstić information content (AvgIpc) is 2.52. The molecule has 92 valence electrons. The Labute approximate surface area is 102 Å². The van der Waals surface area contributed by atoms with Crippen LogP contribution in [-0.4, -0.2) is 4.98 Å². The van der Waals surface area contributed by atoms with Crippen LogP contribution in [0.2, 0.25) is 0 Å². The Bertz CT molecular complexity index is 320. The molecule has 0 spiro atoms. The largest absolute Gasteiger partial charge is 0.271 e. The fourth-order valence-electron chi connectivity index (χ4n) is 1.89. The fraction of sp³-hybridized carbons (Fsp3) is 0.750. The second kappa shape index (κ2) is 6.33. The molecular weight excluding hydrogens is 218 g/mol. The fourth-order valence-corrected chi connectivity index (χ4v) is 2.91. The molecule has 1 heterocycles. The van der Waals surface area contributed by atoms with Crippen molar-refractivity contribution in [3.8, 4) is 0 Å². The maximum absolute atomic E-state index is 5.63. The SMILES string of the molecule is Cc1nc(C)c(C(CCCC(C)C)NN)s1. The number of hydrazine groups is 1. The van der Waals surface area contributed by atoms with E-state index in [2.05, 4.69) is 31.2 Å². The average molecular weight is 241 g/mol. The van der Waals surface area contributed by atoms with Gasteiger partial charge < -0.3 is 0 Å². The predicted octanol–water partition coefficient (Wildman–Crippen LogP) is 3.09.